The van der Waals surface area contributed by atoms with Crippen LogP contribution in [0.15, 0.2) is 12.2 Å². The molecule has 0 bridgehead atoms. The lowest BCUT2D eigenvalue weighted by atomic mass is 10.1. The minimum Gasteiger partial charge on any atom is -0.295 e. The quantitative estimate of drug-likeness (QED) is 0.425. The molecule has 0 saturated carbocycles. The lowest BCUT2D eigenvalue weighted by Gasteiger charge is -2.20. The van der Waals surface area contributed by atoms with Crippen molar-refractivity contribution in [3.8, 4) is 0 Å². The molecule has 15 heavy (non-hydrogen) atoms. The summed E-state index contributed by atoms with van der Waals surface area (Å²) in [7, 11) is 0. The highest BCUT2D eigenvalue weighted by atomic mass is 32.2. The van der Waals surface area contributed by atoms with Crippen LogP contribution in [0.4, 0.5) is 26.3 Å². The number of halogens is 6. The Morgan fingerprint density at radius 1 is 1.27 bits per heavy atom. The van der Waals surface area contributed by atoms with Crippen LogP contribution in [-0.4, -0.2) is 17.8 Å². The molecule has 1 nitrogen and oxygen atoms in total. The third-order valence-electron chi connectivity index (χ3n) is 1.16. The molecule has 0 spiro atoms. The minimum atomic E-state index is -4.85. The van der Waals surface area contributed by atoms with Gasteiger partial charge in [-0.25, -0.2) is 0 Å². The van der Waals surface area contributed by atoms with Crippen LogP contribution in [0.2, 0.25) is 0 Å². The fraction of sp³-hybridized carbons (Fsp3) is 0.714. The summed E-state index contributed by atoms with van der Waals surface area (Å²) in [5.74, 6) is 0. The van der Waals surface area contributed by atoms with E-state index in [2.05, 4.69) is 10.8 Å². The van der Waals surface area contributed by atoms with E-state index in [1.165, 1.54) is 6.92 Å². The lowest BCUT2D eigenvalue weighted by molar-refractivity contribution is -0.192. The SMILES string of the molecule is C=C(C)CC(OSC(F)(F)F)C(F)(F)F. The van der Waals surface area contributed by atoms with Crippen LogP contribution in [0.25, 0.3) is 0 Å². The summed E-state index contributed by atoms with van der Waals surface area (Å²) >= 11 is -1.15. The van der Waals surface area contributed by atoms with Gasteiger partial charge in [0.25, 0.3) is 0 Å². The van der Waals surface area contributed by atoms with Gasteiger partial charge < -0.3 is 0 Å². The van der Waals surface area contributed by atoms with Crippen molar-refractivity contribution < 1.29 is 30.5 Å². The van der Waals surface area contributed by atoms with Gasteiger partial charge >= 0.3 is 11.7 Å². The summed E-state index contributed by atoms with van der Waals surface area (Å²) in [6, 6.07) is 0. The van der Waals surface area contributed by atoms with Crippen molar-refractivity contribution in [2.24, 2.45) is 0 Å². The van der Waals surface area contributed by atoms with E-state index in [0.717, 1.165) is 0 Å². The molecular formula is C7H8F6OS. The van der Waals surface area contributed by atoms with E-state index < -0.39 is 36.3 Å². The van der Waals surface area contributed by atoms with Gasteiger partial charge in [0.1, 0.15) is 12.0 Å². The molecule has 90 valence electrons. The fourth-order valence-corrected chi connectivity index (χ4v) is 1.04. The molecule has 0 aliphatic rings. The molecule has 0 amide bonds. The maximum Gasteiger partial charge on any atom is 0.467 e. The highest BCUT2D eigenvalue weighted by molar-refractivity contribution is 7.95. The van der Waals surface area contributed by atoms with Gasteiger partial charge in [0.2, 0.25) is 0 Å². The molecule has 0 fully saturated rings. The van der Waals surface area contributed by atoms with Gasteiger partial charge in [0, 0.05) is 6.42 Å². The number of hydrogen-bond acceptors (Lipinski definition) is 2. The highest BCUT2D eigenvalue weighted by Gasteiger charge is 2.43. The number of rotatable bonds is 4. The van der Waals surface area contributed by atoms with Crippen LogP contribution in [0.3, 0.4) is 0 Å². The number of hydrogen-bond donors (Lipinski definition) is 0. The summed E-state index contributed by atoms with van der Waals surface area (Å²) in [4.78, 5) is 0. The molecule has 0 aliphatic carbocycles. The Kier molecular flexibility index (Phi) is 4.98. The van der Waals surface area contributed by atoms with E-state index in [1.807, 2.05) is 0 Å². The molecule has 1 unspecified atom stereocenters. The Balaban J connectivity index is 4.33. The largest absolute Gasteiger partial charge is 0.467 e. The smallest absolute Gasteiger partial charge is 0.295 e. The average Bonchev–Trinajstić information content (AvgIpc) is 1.93. The maximum absolute atomic E-state index is 12.1. The molecular weight excluding hydrogens is 246 g/mol. The summed E-state index contributed by atoms with van der Waals surface area (Å²) in [5.41, 5.74) is -4.75. The Morgan fingerprint density at radius 3 is 2.00 bits per heavy atom. The van der Waals surface area contributed by atoms with Gasteiger partial charge in [0.15, 0.2) is 6.10 Å². The topological polar surface area (TPSA) is 9.23 Å². The second kappa shape index (κ2) is 5.11. The first-order valence-electron chi connectivity index (χ1n) is 3.64. The Hall–Kier alpha value is -0.370. The summed E-state index contributed by atoms with van der Waals surface area (Å²) in [5, 5.41) is 0. The van der Waals surface area contributed by atoms with Crippen molar-refractivity contribution >= 4 is 12.0 Å². The monoisotopic (exact) mass is 254 g/mol. The second-order valence-electron chi connectivity index (χ2n) is 2.82. The molecule has 0 heterocycles. The van der Waals surface area contributed by atoms with Crippen LogP contribution in [0.5, 0.6) is 0 Å². The molecule has 0 aromatic carbocycles. The third-order valence-corrected chi connectivity index (χ3v) is 1.68. The predicted molar refractivity (Wildman–Crippen MR) is 44.0 cm³/mol. The lowest BCUT2D eigenvalue weighted by Crippen LogP contribution is -2.31. The first kappa shape index (κ1) is 14.6. The van der Waals surface area contributed by atoms with Crippen LogP contribution in [-0.2, 0) is 4.18 Å². The van der Waals surface area contributed by atoms with Crippen molar-refractivity contribution in [2.75, 3.05) is 0 Å². The van der Waals surface area contributed by atoms with E-state index in [4.69, 9.17) is 0 Å². The maximum atomic E-state index is 12.1. The molecule has 0 aromatic rings. The molecule has 0 aromatic heterocycles. The Morgan fingerprint density at radius 2 is 1.73 bits per heavy atom. The zero-order valence-corrected chi connectivity index (χ0v) is 8.39. The van der Waals surface area contributed by atoms with Gasteiger partial charge in [-0.3, -0.25) is 4.18 Å². The number of alkyl halides is 6. The first-order valence-corrected chi connectivity index (χ1v) is 4.39. The van der Waals surface area contributed by atoms with Crippen LogP contribution < -0.4 is 0 Å². The molecule has 0 aliphatic heterocycles. The predicted octanol–water partition coefficient (Wildman–Crippen LogP) is 4.07. The zero-order valence-electron chi connectivity index (χ0n) is 7.58. The first-order chi connectivity index (χ1) is 6.52. The van der Waals surface area contributed by atoms with Crippen LogP contribution >= 0.6 is 12.0 Å². The molecule has 8 heteroatoms. The van der Waals surface area contributed by atoms with Gasteiger partial charge in [-0.2, -0.15) is 26.3 Å². The molecule has 0 radical (unpaired) electrons. The standard InChI is InChI=1S/C7H8F6OS/c1-4(2)3-5(6(8,9)10)14-15-7(11,12)13/h5H,1,3H2,2H3. The minimum absolute atomic E-state index is 0.0973. The van der Waals surface area contributed by atoms with Crippen LogP contribution in [0, 0.1) is 0 Å². The average molecular weight is 254 g/mol. The van der Waals surface area contributed by atoms with Crippen molar-refractivity contribution in [2.45, 2.75) is 31.1 Å². The molecule has 0 rings (SSSR count). The van der Waals surface area contributed by atoms with Gasteiger partial charge in [-0.15, -0.1) is 6.58 Å². The summed E-state index contributed by atoms with van der Waals surface area (Å²) < 4.78 is 74.8. The summed E-state index contributed by atoms with van der Waals surface area (Å²) in [6.45, 7) is 4.46. The van der Waals surface area contributed by atoms with E-state index in [-0.39, 0.29) is 5.57 Å². The highest BCUT2D eigenvalue weighted by Crippen LogP contribution is 2.37. The van der Waals surface area contributed by atoms with Crippen molar-refractivity contribution in [1.82, 2.24) is 0 Å². The van der Waals surface area contributed by atoms with Crippen molar-refractivity contribution in [3.63, 3.8) is 0 Å². The van der Waals surface area contributed by atoms with E-state index in [9.17, 15) is 26.3 Å². The van der Waals surface area contributed by atoms with E-state index in [1.54, 1.807) is 0 Å². The van der Waals surface area contributed by atoms with E-state index >= 15 is 0 Å². The van der Waals surface area contributed by atoms with Crippen molar-refractivity contribution in [1.29, 1.82) is 0 Å². The Labute approximate surface area is 86.7 Å². The normalized spacial score (nSPS) is 15.1. The van der Waals surface area contributed by atoms with Crippen LogP contribution in [0.1, 0.15) is 13.3 Å². The molecule has 0 N–H and O–H groups in total. The van der Waals surface area contributed by atoms with E-state index in [0.29, 0.717) is 0 Å². The van der Waals surface area contributed by atoms with Gasteiger partial charge in [-0.05, 0) is 6.92 Å². The van der Waals surface area contributed by atoms with Crippen molar-refractivity contribution in [3.05, 3.63) is 12.2 Å². The third kappa shape index (κ3) is 7.55. The van der Waals surface area contributed by atoms with Gasteiger partial charge in [-0.1, -0.05) is 5.57 Å². The zero-order chi connectivity index (χ0) is 12.3. The second-order valence-corrected chi connectivity index (χ2v) is 3.64. The molecule has 0 saturated heterocycles. The fourth-order valence-electron chi connectivity index (χ4n) is 0.633. The summed E-state index contributed by atoms with van der Waals surface area (Å²) in [6.07, 6.45) is -8.01. The van der Waals surface area contributed by atoms with Gasteiger partial charge in [0.05, 0.1) is 0 Å². The molecule has 1 atom stereocenters. The Bertz CT molecular complexity index is 221.